The molecule has 0 bridgehead atoms. The molecular weight excluding hydrogens is 837 g/mol. The van der Waals surface area contributed by atoms with E-state index in [0.717, 1.165) is 61.8 Å². The van der Waals surface area contributed by atoms with Crippen LogP contribution < -0.4 is 9.80 Å². The standard InChI is InChI=1S/C65H44N4/c1-65(2)59-42-55(69(63-20-12-10-18-61(63)67-4)53-32-27-46(28-33-53)50-24-22-44-14-6-8-16-48(44)40-50)35-38-57(59)58-36-29-51-41-54(34-37-56(51)64(58)65)68(62-19-11-9-17-60(62)66-3)52-30-25-45(26-31-52)49-23-21-43-13-5-7-15-47(43)39-49/h5-42H,1-2H3. The molecule has 0 saturated heterocycles. The normalized spacial score (nSPS) is 12.3. The highest BCUT2D eigenvalue weighted by Gasteiger charge is 2.38. The minimum atomic E-state index is -0.346. The Bertz CT molecular complexity index is 3910. The lowest BCUT2D eigenvalue weighted by atomic mass is 9.80. The number of para-hydroxylation sites is 4. The molecule has 1 aliphatic rings. The summed E-state index contributed by atoms with van der Waals surface area (Å²) in [4.78, 5) is 12.4. The number of hydrogen-bond acceptors (Lipinski definition) is 2. The van der Waals surface area contributed by atoms with E-state index < -0.39 is 0 Å². The summed E-state index contributed by atoms with van der Waals surface area (Å²) in [5.41, 5.74) is 16.0. The van der Waals surface area contributed by atoms with Crippen molar-refractivity contribution in [3.63, 3.8) is 0 Å². The molecule has 324 valence electrons. The third-order valence-electron chi connectivity index (χ3n) is 14.0. The molecule has 11 aromatic rings. The Hall–Kier alpha value is -9.22. The van der Waals surface area contributed by atoms with Gasteiger partial charge < -0.3 is 9.80 Å². The quantitative estimate of drug-likeness (QED) is 0.141. The Morgan fingerprint density at radius 3 is 1.30 bits per heavy atom. The SMILES string of the molecule is [C-]#[N+]c1ccccc1N(c1ccc(-c2ccc3ccccc3c2)cc1)c1ccc2c(c1)C(C)(C)c1c-2ccc2cc(N(c3ccc(-c4ccc5ccccc5c4)cc3)c3ccccc3[N+]#[C-])ccc12. The first-order valence-electron chi connectivity index (χ1n) is 23.3. The maximum atomic E-state index is 8.17. The van der Waals surface area contributed by atoms with E-state index in [9.17, 15) is 0 Å². The summed E-state index contributed by atoms with van der Waals surface area (Å²) in [5.74, 6) is 0. The summed E-state index contributed by atoms with van der Waals surface area (Å²) in [6.07, 6.45) is 0. The zero-order valence-electron chi connectivity index (χ0n) is 38.2. The first-order chi connectivity index (χ1) is 33.9. The summed E-state index contributed by atoms with van der Waals surface area (Å²) in [7, 11) is 0. The smallest absolute Gasteiger partial charge is 0.210 e. The molecule has 0 radical (unpaired) electrons. The largest absolute Gasteiger partial charge is 0.320 e. The minimum absolute atomic E-state index is 0.346. The number of hydrogen-bond donors (Lipinski definition) is 0. The lowest BCUT2D eigenvalue weighted by molar-refractivity contribution is 0.666. The molecule has 0 amide bonds. The van der Waals surface area contributed by atoms with Gasteiger partial charge in [0, 0.05) is 28.2 Å². The van der Waals surface area contributed by atoms with Crippen LogP contribution in [0, 0.1) is 13.1 Å². The van der Waals surface area contributed by atoms with E-state index in [1.54, 1.807) is 0 Å². The van der Waals surface area contributed by atoms with Gasteiger partial charge in [-0.1, -0.05) is 172 Å². The van der Waals surface area contributed by atoms with E-state index in [1.807, 2.05) is 48.5 Å². The first kappa shape index (κ1) is 41.2. The van der Waals surface area contributed by atoms with Crippen LogP contribution in [0.2, 0.25) is 0 Å². The average Bonchev–Trinajstić information content (AvgIpc) is 3.64. The second-order valence-corrected chi connectivity index (χ2v) is 18.3. The van der Waals surface area contributed by atoms with Crippen LogP contribution in [0.1, 0.15) is 25.0 Å². The van der Waals surface area contributed by atoms with Crippen LogP contribution in [0.4, 0.5) is 45.5 Å². The molecule has 0 heterocycles. The van der Waals surface area contributed by atoms with Crippen molar-refractivity contribution in [1.29, 1.82) is 0 Å². The van der Waals surface area contributed by atoms with E-state index in [0.29, 0.717) is 11.4 Å². The molecule has 12 rings (SSSR count). The molecule has 0 N–H and O–H groups in total. The van der Waals surface area contributed by atoms with E-state index >= 15 is 0 Å². The molecule has 0 saturated carbocycles. The summed E-state index contributed by atoms with van der Waals surface area (Å²) in [6, 6.07) is 81.3. The van der Waals surface area contributed by atoms with Gasteiger partial charge >= 0.3 is 0 Å². The van der Waals surface area contributed by atoms with Crippen molar-refractivity contribution < 1.29 is 0 Å². The maximum absolute atomic E-state index is 8.17. The predicted molar refractivity (Wildman–Crippen MR) is 289 cm³/mol. The summed E-state index contributed by atoms with van der Waals surface area (Å²) < 4.78 is 0. The second-order valence-electron chi connectivity index (χ2n) is 18.3. The summed E-state index contributed by atoms with van der Waals surface area (Å²) in [5, 5.41) is 7.20. The van der Waals surface area contributed by atoms with Crippen LogP contribution in [0.3, 0.4) is 0 Å². The highest BCUT2D eigenvalue weighted by atomic mass is 15.2. The number of rotatable bonds is 8. The zero-order valence-corrected chi connectivity index (χ0v) is 38.2. The molecule has 0 spiro atoms. The number of benzene rings is 11. The zero-order chi connectivity index (χ0) is 46.6. The Morgan fingerprint density at radius 2 is 0.768 bits per heavy atom. The van der Waals surface area contributed by atoms with E-state index in [1.165, 1.54) is 49.2 Å². The van der Waals surface area contributed by atoms with Crippen molar-refractivity contribution in [3.8, 4) is 33.4 Å². The van der Waals surface area contributed by atoms with Crippen LogP contribution in [0.25, 0.3) is 75.4 Å². The molecule has 0 unspecified atom stereocenters. The third kappa shape index (κ3) is 7.06. The van der Waals surface area contributed by atoms with Crippen LogP contribution >= 0.6 is 0 Å². The molecule has 11 aromatic carbocycles. The minimum Gasteiger partial charge on any atom is -0.320 e. The van der Waals surface area contributed by atoms with Crippen molar-refractivity contribution in [1.82, 2.24) is 0 Å². The van der Waals surface area contributed by atoms with Crippen LogP contribution in [-0.4, -0.2) is 0 Å². The van der Waals surface area contributed by atoms with Crippen molar-refractivity contribution in [2.45, 2.75) is 19.3 Å². The van der Waals surface area contributed by atoms with Gasteiger partial charge in [0.1, 0.15) is 0 Å². The number of nitrogens with zero attached hydrogens (tertiary/aromatic N) is 4. The fourth-order valence-electron chi connectivity index (χ4n) is 10.6. The lowest BCUT2D eigenvalue weighted by Gasteiger charge is -2.29. The molecule has 1 aliphatic carbocycles. The Balaban J connectivity index is 0.922. The predicted octanol–water partition coefficient (Wildman–Crippen LogP) is 18.8. The van der Waals surface area contributed by atoms with Gasteiger partial charge in [-0.2, -0.15) is 0 Å². The molecule has 4 heteroatoms. The number of fused-ring (bicyclic) bond motifs is 7. The van der Waals surface area contributed by atoms with Gasteiger partial charge in [0.05, 0.1) is 24.5 Å². The molecule has 69 heavy (non-hydrogen) atoms. The summed E-state index contributed by atoms with van der Waals surface area (Å²) in [6.45, 7) is 21.0. The van der Waals surface area contributed by atoms with Gasteiger partial charge in [0.2, 0.25) is 11.4 Å². The van der Waals surface area contributed by atoms with Gasteiger partial charge in [0.25, 0.3) is 0 Å². The van der Waals surface area contributed by atoms with Crippen molar-refractivity contribution in [2.75, 3.05) is 9.80 Å². The lowest BCUT2D eigenvalue weighted by Crippen LogP contribution is -2.17. The van der Waals surface area contributed by atoms with E-state index in [4.69, 9.17) is 13.1 Å². The van der Waals surface area contributed by atoms with Crippen molar-refractivity contribution in [2.24, 2.45) is 0 Å². The van der Waals surface area contributed by atoms with Crippen molar-refractivity contribution in [3.05, 3.63) is 264 Å². The van der Waals surface area contributed by atoms with Crippen LogP contribution in [0.15, 0.2) is 231 Å². The van der Waals surface area contributed by atoms with Gasteiger partial charge in [-0.25, -0.2) is 9.69 Å². The van der Waals surface area contributed by atoms with Gasteiger partial charge in [-0.15, -0.1) is 0 Å². The molecule has 0 aromatic heterocycles. The summed E-state index contributed by atoms with van der Waals surface area (Å²) >= 11 is 0. The second kappa shape index (κ2) is 16.6. The molecular formula is C65H44N4. The molecule has 0 atom stereocenters. The molecule has 4 nitrogen and oxygen atoms in total. The van der Waals surface area contributed by atoms with Gasteiger partial charge in [-0.05, 0) is 150 Å². The van der Waals surface area contributed by atoms with Crippen LogP contribution in [-0.2, 0) is 5.41 Å². The average molecular weight is 881 g/mol. The monoisotopic (exact) mass is 880 g/mol. The number of anilines is 6. The highest BCUT2D eigenvalue weighted by Crippen LogP contribution is 2.54. The Kier molecular flexibility index (Phi) is 9.91. The Morgan fingerprint density at radius 1 is 0.348 bits per heavy atom. The fourth-order valence-corrected chi connectivity index (χ4v) is 10.6. The first-order valence-corrected chi connectivity index (χ1v) is 23.3. The maximum Gasteiger partial charge on any atom is 0.210 e. The van der Waals surface area contributed by atoms with Crippen molar-refractivity contribution >= 4 is 77.8 Å². The Labute approximate surface area is 402 Å². The third-order valence-corrected chi connectivity index (χ3v) is 14.0. The van der Waals surface area contributed by atoms with E-state index in [2.05, 4.69) is 215 Å². The van der Waals surface area contributed by atoms with Crippen LogP contribution in [0.5, 0.6) is 0 Å². The van der Waals surface area contributed by atoms with E-state index in [-0.39, 0.29) is 5.41 Å². The highest BCUT2D eigenvalue weighted by molar-refractivity contribution is 6.01. The molecule has 0 aliphatic heterocycles. The molecule has 0 fully saturated rings. The van der Waals surface area contributed by atoms with Gasteiger partial charge in [0.15, 0.2) is 0 Å². The fraction of sp³-hybridized carbons (Fsp3) is 0.0462. The topological polar surface area (TPSA) is 15.2 Å². The van der Waals surface area contributed by atoms with Gasteiger partial charge in [-0.3, -0.25) is 0 Å².